The lowest BCUT2D eigenvalue weighted by molar-refractivity contribution is 0.151. The second-order valence-electron chi connectivity index (χ2n) is 2.11. The molecule has 0 N–H and O–H groups in total. The van der Waals surface area contributed by atoms with Crippen molar-refractivity contribution in [1.82, 2.24) is 0 Å². The fraction of sp³-hybridized carbons (Fsp3) is 0.714. The normalized spacial score (nSPS) is 17.6. The third-order valence-electron chi connectivity index (χ3n) is 1.20. The summed E-state index contributed by atoms with van der Waals surface area (Å²) in [6.45, 7) is -0.408. The number of rotatable bonds is 4. The van der Waals surface area contributed by atoms with Gasteiger partial charge in [-0.3, -0.25) is 4.39 Å². The molecule has 0 bridgehead atoms. The first-order chi connectivity index (χ1) is 4.68. The average molecular weight is 152 g/mol. The van der Waals surface area contributed by atoms with Gasteiger partial charge in [-0.1, -0.05) is 6.08 Å². The van der Waals surface area contributed by atoms with Gasteiger partial charge in [-0.15, -0.1) is 0 Å². The minimum atomic E-state index is -2.08. The van der Waals surface area contributed by atoms with Crippen molar-refractivity contribution in [2.75, 3.05) is 13.3 Å². The molecule has 0 aliphatic carbocycles. The van der Waals surface area contributed by atoms with E-state index in [0.29, 0.717) is 0 Å². The second-order valence-corrected chi connectivity index (χ2v) is 2.11. The Morgan fingerprint density at radius 2 is 2.00 bits per heavy atom. The maximum atomic E-state index is 12.8. The van der Waals surface area contributed by atoms with Gasteiger partial charge in [0.15, 0.2) is 5.67 Å². The lowest BCUT2D eigenvalue weighted by Gasteiger charge is -2.14. The molecule has 0 aromatic heterocycles. The van der Waals surface area contributed by atoms with Crippen molar-refractivity contribution < 1.29 is 13.2 Å². The summed E-state index contributed by atoms with van der Waals surface area (Å²) in [5.74, 6) is 0. The number of allylic oxidation sites excluding steroid dienone is 2. The second kappa shape index (κ2) is 4.36. The van der Waals surface area contributed by atoms with Crippen molar-refractivity contribution in [3.05, 3.63) is 12.2 Å². The molecule has 0 heterocycles. The van der Waals surface area contributed by atoms with Crippen LogP contribution in [0.15, 0.2) is 12.2 Å². The number of hydrogen-bond donors (Lipinski definition) is 0. The van der Waals surface area contributed by atoms with Crippen LogP contribution in [0.2, 0.25) is 0 Å². The maximum Gasteiger partial charge on any atom is 0.159 e. The Morgan fingerprint density at radius 1 is 1.40 bits per heavy atom. The van der Waals surface area contributed by atoms with Crippen molar-refractivity contribution >= 4 is 0 Å². The standard InChI is InChI=1S/C7H11F3/c1-2-3-7(10,6-9)4-5-8/h2-3H,4-6H2,1H3. The van der Waals surface area contributed by atoms with Crippen molar-refractivity contribution in [2.24, 2.45) is 0 Å². The molecule has 0 aromatic rings. The Morgan fingerprint density at radius 3 is 2.30 bits per heavy atom. The van der Waals surface area contributed by atoms with Gasteiger partial charge in [-0.2, -0.15) is 0 Å². The topological polar surface area (TPSA) is 0 Å². The van der Waals surface area contributed by atoms with Gasteiger partial charge in [-0.25, -0.2) is 8.78 Å². The minimum absolute atomic E-state index is 0.395. The Hall–Kier alpha value is -0.470. The van der Waals surface area contributed by atoms with Crippen LogP contribution in [0.3, 0.4) is 0 Å². The van der Waals surface area contributed by atoms with E-state index in [0.717, 1.165) is 6.08 Å². The monoisotopic (exact) mass is 152 g/mol. The van der Waals surface area contributed by atoms with Crippen molar-refractivity contribution in [3.63, 3.8) is 0 Å². The summed E-state index contributed by atoms with van der Waals surface area (Å²) in [6.07, 6.45) is 2.04. The summed E-state index contributed by atoms with van der Waals surface area (Å²) < 4.78 is 36.2. The molecule has 10 heavy (non-hydrogen) atoms. The van der Waals surface area contributed by atoms with Gasteiger partial charge in [0.1, 0.15) is 6.67 Å². The van der Waals surface area contributed by atoms with E-state index in [9.17, 15) is 13.2 Å². The SMILES string of the molecule is CC=CC(F)(CF)CCF. The molecular formula is C7H11F3. The van der Waals surface area contributed by atoms with Gasteiger partial charge in [0, 0.05) is 6.42 Å². The Bertz CT molecular complexity index is 111. The molecule has 0 rings (SSSR count). The van der Waals surface area contributed by atoms with Crippen LogP contribution in [0.25, 0.3) is 0 Å². The van der Waals surface area contributed by atoms with E-state index < -0.39 is 25.4 Å². The molecule has 1 atom stereocenters. The molecule has 0 aliphatic heterocycles. The van der Waals surface area contributed by atoms with Crippen molar-refractivity contribution in [3.8, 4) is 0 Å². The summed E-state index contributed by atoms with van der Waals surface area (Å²) in [5, 5.41) is 0. The molecule has 0 saturated carbocycles. The van der Waals surface area contributed by atoms with Gasteiger partial charge < -0.3 is 0 Å². The van der Waals surface area contributed by atoms with Crippen LogP contribution in [-0.2, 0) is 0 Å². The van der Waals surface area contributed by atoms with Gasteiger partial charge in [0.2, 0.25) is 0 Å². The van der Waals surface area contributed by atoms with Crippen LogP contribution in [0.5, 0.6) is 0 Å². The Balaban J connectivity index is 3.94. The molecule has 0 saturated heterocycles. The fourth-order valence-electron chi connectivity index (χ4n) is 0.650. The van der Waals surface area contributed by atoms with Crippen LogP contribution < -0.4 is 0 Å². The fourth-order valence-corrected chi connectivity index (χ4v) is 0.650. The quantitative estimate of drug-likeness (QED) is 0.543. The molecule has 0 spiro atoms. The molecule has 0 aliphatic rings. The van der Waals surface area contributed by atoms with Gasteiger partial charge in [0.05, 0.1) is 6.67 Å². The molecule has 1 unspecified atom stereocenters. The molecule has 3 heteroatoms. The first kappa shape index (κ1) is 9.53. The predicted octanol–water partition coefficient (Wildman–Crippen LogP) is 2.60. The highest BCUT2D eigenvalue weighted by Gasteiger charge is 2.25. The highest BCUT2D eigenvalue weighted by Crippen LogP contribution is 2.18. The smallest absolute Gasteiger partial charge is 0.159 e. The van der Waals surface area contributed by atoms with Crippen LogP contribution >= 0.6 is 0 Å². The van der Waals surface area contributed by atoms with Crippen LogP contribution in [0, 0.1) is 0 Å². The number of halogens is 3. The van der Waals surface area contributed by atoms with E-state index in [1.54, 1.807) is 6.92 Å². The van der Waals surface area contributed by atoms with E-state index in [4.69, 9.17) is 0 Å². The van der Waals surface area contributed by atoms with E-state index in [2.05, 4.69) is 0 Å². The average Bonchev–Trinajstić information content (AvgIpc) is 1.89. The minimum Gasteiger partial charge on any atom is -0.251 e. The zero-order valence-electron chi connectivity index (χ0n) is 5.91. The summed E-state index contributed by atoms with van der Waals surface area (Å²) >= 11 is 0. The van der Waals surface area contributed by atoms with Crippen molar-refractivity contribution in [2.45, 2.75) is 19.0 Å². The van der Waals surface area contributed by atoms with E-state index in [-0.39, 0.29) is 0 Å². The first-order valence-corrected chi connectivity index (χ1v) is 3.13. The van der Waals surface area contributed by atoms with Gasteiger partial charge in [-0.05, 0) is 13.0 Å². The molecule has 0 aromatic carbocycles. The highest BCUT2D eigenvalue weighted by molar-refractivity contribution is 4.99. The third-order valence-corrected chi connectivity index (χ3v) is 1.20. The number of alkyl halides is 3. The lowest BCUT2D eigenvalue weighted by Crippen LogP contribution is -2.23. The van der Waals surface area contributed by atoms with Gasteiger partial charge in [0.25, 0.3) is 0 Å². The molecular weight excluding hydrogens is 141 g/mol. The Kier molecular flexibility index (Phi) is 4.16. The summed E-state index contributed by atoms with van der Waals surface area (Å²) in [4.78, 5) is 0. The molecule has 0 amide bonds. The first-order valence-electron chi connectivity index (χ1n) is 3.13. The van der Waals surface area contributed by atoms with Crippen LogP contribution in [0.1, 0.15) is 13.3 Å². The summed E-state index contributed by atoms with van der Waals surface area (Å²) in [6, 6.07) is 0. The summed E-state index contributed by atoms with van der Waals surface area (Å²) in [7, 11) is 0. The zero-order chi connectivity index (χ0) is 8.04. The predicted molar refractivity (Wildman–Crippen MR) is 35.2 cm³/mol. The third kappa shape index (κ3) is 2.90. The van der Waals surface area contributed by atoms with Crippen LogP contribution in [-0.4, -0.2) is 19.0 Å². The van der Waals surface area contributed by atoms with E-state index in [1.807, 2.05) is 0 Å². The lowest BCUT2D eigenvalue weighted by atomic mass is 10.0. The molecule has 60 valence electrons. The number of hydrogen-bond acceptors (Lipinski definition) is 0. The largest absolute Gasteiger partial charge is 0.251 e. The van der Waals surface area contributed by atoms with Crippen molar-refractivity contribution in [1.29, 1.82) is 0 Å². The maximum absolute atomic E-state index is 12.8. The highest BCUT2D eigenvalue weighted by atomic mass is 19.2. The molecule has 0 fully saturated rings. The van der Waals surface area contributed by atoms with E-state index >= 15 is 0 Å². The molecule has 0 nitrogen and oxygen atoms in total. The van der Waals surface area contributed by atoms with E-state index in [1.165, 1.54) is 6.08 Å². The van der Waals surface area contributed by atoms with Gasteiger partial charge >= 0.3 is 0 Å². The Labute approximate surface area is 58.7 Å². The zero-order valence-corrected chi connectivity index (χ0v) is 5.91. The van der Waals surface area contributed by atoms with Crippen LogP contribution in [0.4, 0.5) is 13.2 Å². The molecule has 0 radical (unpaired) electrons. The summed E-state index contributed by atoms with van der Waals surface area (Å²) in [5.41, 5.74) is -2.08.